The Labute approximate surface area is 210 Å². The molecule has 2 rings (SSSR count). The van der Waals surface area contributed by atoms with Gasteiger partial charge in [-0.15, -0.1) is 0 Å². The van der Waals surface area contributed by atoms with E-state index in [1.807, 2.05) is 0 Å². The molecule has 0 radical (unpaired) electrons. The summed E-state index contributed by atoms with van der Waals surface area (Å²) in [5.41, 5.74) is 0.0663. The highest BCUT2D eigenvalue weighted by molar-refractivity contribution is 5.89. The third-order valence-electron chi connectivity index (χ3n) is 4.82. The number of hydrogen-bond donors (Lipinski definition) is 4. The molecule has 1 amide bonds. The third-order valence-corrected chi connectivity index (χ3v) is 4.82. The number of likely N-dealkylation sites (tertiary alicyclic amines) is 1. The largest absolute Gasteiger partial charge is 0.480 e. The van der Waals surface area contributed by atoms with E-state index < -0.39 is 66.0 Å². The first-order valence-electron chi connectivity index (χ1n) is 13.3. The number of hydrogen-bond acceptors (Lipinski definition) is 7. The van der Waals surface area contributed by atoms with E-state index >= 15 is 0 Å². The van der Waals surface area contributed by atoms with Crippen LogP contribution < -0.4 is 5.32 Å². The fourth-order valence-electron chi connectivity index (χ4n) is 3.25. The van der Waals surface area contributed by atoms with E-state index in [-0.39, 0.29) is 37.1 Å². The Kier molecular flexibility index (Phi) is 9.47. The lowest BCUT2D eigenvalue weighted by molar-refractivity contribution is -0.150. The van der Waals surface area contributed by atoms with Gasteiger partial charge >= 0.3 is 23.9 Å². The first kappa shape index (κ1) is 21.8. The Morgan fingerprint density at radius 3 is 2.26 bits per heavy atom. The summed E-state index contributed by atoms with van der Waals surface area (Å²) in [6.07, 6.45) is 2.06. The molecule has 11 nitrogen and oxygen atoms in total. The lowest BCUT2D eigenvalue weighted by Crippen LogP contribution is -2.53. The van der Waals surface area contributed by atoms with Gasteiger partial charge in [-0.3, -0.25) is 14.9 Å². The second kappa shape index (κ2) is 15.2. The molecule has 0 saturated carbocycles. The molecule has 35 heavy (non-hydrogen) atoms. The molecule has 192 valence electrons. The van der Waals surface area contributed by atoms with Crippen molar-refractivity contribution in [1.82, 2.24) is 10.2 Å². The number of carbonyl (C=O) groups excluding carboxylic acids is 2. The zero-order chi connectivity index (χ0) is 30.7. The predicted octanol–water partition coefficient (Wildman–Crippen LogP) is 1.32. The summed E-state index contributed by atoms with van der Waals surface area (Å²) in [6.45, 7) is 3.56. The van der Waals surface area contributed by atoms with Crippen LogP contribution in [0.1, 0.15) is 45.5 Å². The van der Waals surface area contributed by atoms with Gasteiger partial charge in [0.15, 0.2) is 0 Å². The van der Waals surface area contributed by atoms with Crippen LogP contribution in [0.15, 0.2) is 42.4 Å². The highest BCUT2D eigenvalue weighted by Crippen LogP contribution is 2.19. The highest BCUT2D eigenvalue weighted by Gasteiger charge is 2.36. The molecule has 11 heteroatoms. The molecule has 1 aromatic carbocycles. The number of rotatable bonds is 11. The van der Waals surface area contributed by atoms with Crippen LogP contribution in [0.25, 0.3) is 0 Å². The van der Waals surface area contributed by atoms with Crippen molar-refractivity contribution >= 4 is 29.8 Å². The van der Waals surface area contributed by atoms with Crippen LogP contribution in [0.4, 0.5) is 0 Å². The summed E-state index contributed by atoms with van der Waals surface area (Å²) in [7, 11) is 0. The number of carbonyl (C=O) groups is 5. The van der Waals surface area contributed by atoms with Crippen molar-refractivity contribution in [3.63, 3.8) is 0 Å². The van der Waals surface area contributed by atoms with E-state index in [4.69, 9.17) is 21.8 Å². The van der Waals surface area contributed by atoms with E-state index in [1.165, 1.54) is 11.8 Å². The third kappa shape index (κ3) is 10.8. The molecule has 0 bridgehead atoms. The molecule has 1 saturated heterocycles. The molecular formula is C24H32N2O9. The van der Waals surface area contributed by atoms with Crippen LogP contribution in [-0.2, 0) is 35.1 Å². The summed E-state index contributed by atoms with van der Waals surface area (Å²) >= 11 is 0. The summed E-state index contributed by atoms with van der Waals surface area (Å²) < 4.78 is 44.4. The van der Waals surface area contributed by atoms with E-state index in [0.29, 0.717) is 31.5 Å². The van der Waals surface area contributed by atoms with Gasteiger partial charge in [-0.25, -0.2) is 14.4 Å². The number of carboxylic acids is 3. The topological polar surface area (TPSA) is 171 Å². The molecule has 0 aromatic heterocycles. The van der Waals surface area contributed by atoms with Crippen LogP contribution in [0, 0.1) is 0 Å². The number of nitrogens with zero attached hydrogens (tertiary/aromatic N) is 1. The molecule has 3 atom stereocenters. The smallest absolute Gasteiger partial charge is 0.328 e. The van der Waals surface area contributed by atoms with E-state index in [9.17, 15) is 29.1 Å². The van der Waals surface area contributed by atoms with E-state index in [1.54, 1.807) is 6.92 Å². The van der Waals surface area contributed by atoms with Gasteiger partial charge in [0.05, 0.1) is 19.5 Å². The zero-order valence-electron chi connectivity index (χ0n) is 24.4. The quantitative estimate of drug-likeness (QED) is 0.258. The lowest BCUT2D eigenvalue weighted by atomic mass is 10.0. The molecule has 0 spiro atoms. The summed E-state index contributed by atoms with van der Waals surface area (Å²) in [6, 6.07) is -4.88. The summed E-state index contributed by atoms with van der Waals surface area (Å²) in [5, 5.41) is 27.8. The van der Waals surface area contributed by atoms with Crippen molar-refractivity contribution in [2.45, 2.75) is 57.7 Å². The second-order valence-corrected chi connectivity index (χ2v) is 7.37. The summed E-state index contributed by atoms with van der Waals surface area (Å²) in [4.78, 5) is 57.0. The number of aliphatic carboxylic acids is 3. The Bertz CT molecular complexity index is 1120. The molecule has 1 aliphatic rings. The molecule has 0 aliphatic carbocycles. The fourth-order valence-corrected chi connectivity index (χ4v) is 3.25. The Hall–Kier alpha value is -3.73. The minimum atomic E-state index is -1.26. The normalized spacial score (nSPS) is 18.6. The Morgan fingerprint density at radius 2 is 1.74 bits per heavy atom. The van der Waals surface area contributed by atoms with Crippen molar-refractivity contribution in [3.05, 3.63) is 47.9 Å². The molecule has 1 fully saturated rings. The van der Waals surface area contributed by atoms with Crippen LogP contribution >= 0.6 is 0 Å². The van der Waals surface area contributed by atoms with Gasteiger partial charge in [0, 0.05) is 18.7 Å². The predicted molar refractivity (Wildman–Crippen MR) is 125 cm³/mol. The van der Waals surface area contributed by atoms with Crippen molar-refractivity contribution in [1.29, 1.82) is 0 Å². The van der Waals surface area contributed by atoms with Crippen molar-refractivity contribution in [3.8, 4) is 0 Å². The fraction of sp³-hybridized carbons (Fsp3) is 0.458. The standard InChI is InChI=1S/C20H28N2O5.C4H4O4/c1-3-27-20(26)16(12-11-15-8-5-4-6-9-15)21-14(2)18(23)22-13-7-10-17(22)19(24)25;5-3(6)1-2-4(7)8/h4-6,8-9,14,16-17,21H,3,7,10-13H2,1-2H3,(H,24,25);1-2H,(H,5,6)(H,7,8)/b;2-1-/t14-,16-,17-;/m1./s1/i4D,5D,6D,8D,9D;. The Balaban J connectivity index is 0.000000869. The number of ether oxygens (including phenoxy) is 1. The van der Waals surface area contributed by atoms with Crippen LogP contribution in [0.3, 0.4) is 0 Å². The van der Waals surface area contributed by atoms with Crippen molar-refractivity contribution < 1.29 is 50.9 Å². The molecule has 1 aliphatic heterocycles. The molecule has 0 unspecified atom stereocenters. The number of esters is 1. The lowest BCUT2D eigenvalue weighted by Gasteiger charge is -2.27. The van der Waals surface area contributed by atoms with Gasteiger partial charge < -0.3 is 25.0 Å². The van der Waals surface area contributed by atoms with Gasteiger partial charge in [0.2, 0.25) is 5.91 Å². The molecule has 4 N–H and O–H groups in total. The molecule has 1 aromatic rings. The number of amides is 1. The first-order chi connectivity index (χ1) is 18.6. The van der Waals surface area contributed by atoms with Gasteiger partial charge in [0.1, 0.15) is 12.1 Å². The van der Waals surface area contributed by atoms with Gasteiger partial charge in [-0.05, 0) is 45.1 Å². The first-order valence-corrected chi connectivity index (χ1v) is 10.8. The Morgan fingerprint density at radius 1 is 1.14 bits per heavy atom. The number of benzene rings is 1. The minimum absolute atomic E-state index is 0.0193. The second-order valence-electron chi connectivity index (χ2n) is 7.37. The number of nitrogens with one attached hydrogen (secondary N) is 1. The van der Waals surface area contributed by atoms with Crippen LogP contribution in [0.2, 0.25) is 0 Å². The van der Waals surface area contributed by atoms with Crippen LogP contribution in [0.5, 0.6) is 0 Å². The van der Waals surface area contributed by atoms with Gasteiger partial charge in [-0.2, -0.15) is 0 Å². The highest BCUT2D eigenvalue weighted by atomic mass is 16.5. The SMILES string of the molecule is O=C(O)/C=C\C(=O)O.[2H]c1c([2H])c([2H])c(CC[C@@H](N[C@H](C)C(=O)N2CCC[C@@H]2C(=O)O)C(=O)OCC)c([2H])c1[2H]. The average Bonchev–Trinajstić information content (AvgIpc) is 3.39. The maximum atomic E-state index is 12.8. The minimum Gasteiger partial charge on any atom is -0.480 e. The van der Waals surface area contributed by atoms with Crippen LogP contribution in [-0.4, -0.2) is 81.3 Å². The maximum Gasteiger partial charge on any atom is 0.328 e. The van der Waals surface area contributed by atoms with Gasteiger partial charge in [-0.1, -0.05) is 30.2 Å². The number of carboxylic acid groups (broad SMARTS) is 3. The van der Waals surface area contributed by atoms with Gasteiger partial charge in [0.25, 0.3) is 0 Å². The maximum absolute atomic E-state index is 12.8. The zero-order valence-corrected chi connectivity index (χ0v) is 19.4. The monoisotopic (exact) mass is 497 g/mol. The molecule has 1 heterocycles. The molecular weight excluding hydrogens is 460 g/mol. The van der Waals surface area contributed by atoms with E-state index in [2.05, 4.69) is 5.32 Å². The van der Waals surface area contributed by atoms with Crippen molar-refractivity contribution in [2.75, 3.05) is 13.2 Å². The van der Waals surface area contributed by atoms with E-state index in [0.717, 1.165) is 0 Å². The average molecular weight is 498 g/mol. The summed E-state index contributed by atoms with van der Waals surface area (Å²) in [5.74, 6) is -4.69. The van der Waals surface area contributed by atoms with Crippen molar-refractivity contribution in [2.24, 2.45) is 0 Å².